The maximum absolute atomic E-state index is 10.3. The number of azo groups is 1. The van der Waals surface area contributed by atoms with Gasteiger partial charge in [-0.15, -0.1) is 21.6 Å². The van der Waals surface area contributed by atoms with Gasteiger partial charge in [0.05, 0.1) is 4.70 Å². The van der Waals surface area contributed by atoms with E-state index in [0.29, 0.717) is 11.6 Å². The van der Waals surface area contributed by atoms with Gasteiger partial charge in [-0.1, -0.05) is 31.2 Å². The molecule has 0 unspecified atom stereocenters. The fourth-order valence-corrected chi connectivity index (χ4v) is 4.04. The van der Waals surface area contributed by atoms with Crippen LogP contribution in [0.25, 0.3) is 20.9 Å². The summed E-state index contributed by atoms with van der Waals surface area (Å²) in [6.07, 6.45) is 2.52. The number of nitrogens with zero attached hydrogens (tertiary/aromatic N) is 3. The number of thiophene rings is 1. The van der Waals surface area contributed by atoms with Crippen LogP contribution in [0.3, 0.4) is 0 Å². The number of aromatic nitrogens is 1. The van der Waals surface area contributed by atoms with E-state index in [1.54, 1.807) is 23.6 Å². The SMILES string of the molecule is CCc1cc(O)c2cc(C)sc2c1/N=N/c1nccc2ccccc12. The van der Waals surface area contributed by atoms with Crippen molar-refractivity contribution in [3.63, 3.8) is 0 Å². The molecule has 0 aliphatic carbocycles. The highest BCUT2D eigenvalue weighted by Gasteiger charge is 2.13. The molecule has 0 saturated heterocycles. The number of rotatable bonds is 3. The van der Waals surface area contributed by atoms with Crippen LogP contribution in [0, 0.1) is 6.92 Å². The first-order valence-electron chi connectivity index (χ1n) is 8.18. The molecule has 1 N–H and O–H groups in total. The molecule has 2 aromatic carbocycles. The molecule has 0 radical (unpaired) electrons. The number of aryl methyl sites for hydroxylation is 2. The van der Waals surface area contributed by atoms with E-state index in [2.05, 4.69) is 22.1 Å². The highest BCUT2D eigenvalue weighted by Crippen LogP contribution is 2.42. The van der Waals surface area contributed by atoms with Crippen molar-refractivity contribution in [2.75, 3.05) is 0 Å². The minimum absolute atomic E-state index is 0.304. The predicted molar refractivity (Wildman–Crippen MR) is 104 cm³/mol. The molecule has 0 atom stereocenters. The lowest BCUT2D eigenvalue weighted by Gasteiger charge is -2.06. The molecule has 0 saturated carbocycles. The summed E-state index contributed by atoms with van der Waals surface area (Å²) in [7, 11) is 0. The second-order valence-corrected chi connectivity index (χ2v) is 7.17. The summed E-state index contributed by atoms with van der Waals surface area (Å²) < 4.78 is 0.971. The largest absolute Gasteiger partial charge is 0.507 e. The zero-order valence-electron chi connectivity index (χ0n) is 14.0. The van der Waals surface area contributed by atoms with Crippen molar-refractivity contribution in [2.45, 2.75) is 20.3 Å². The lowest BCUT2D eigenvalue weighted by Crippen LogP contribution is -1.83. The van der Waals surface area contributed by atoms with Gasteiger partial charge >= 0.3 is 0 Å². The first kappa shape index (κ1) is 15.7. The Labute approximate surface area is 149 Å². The van der Waals surface area contributed by atoms with Crippen molar-refractivity contribution in [3.8, 4) is 5.75 Å². The fourth-order valence-electron chi connectivity index (χ4n) is 3.00. The number of phenolic OH excluding ortho intramolecular Hbond substituents is 1. The van der Waals surface area contributed by atoms with Gasteiger partial charge in [0.25, 0.3) is 0 Å². The smallest absolute Gasteiger partial charge is 0.182 e. The molecule has 4 aromatic rings. The Morgan fingerprint density at radius 3 is 2.76 bits per heavy atom. The molecule has 2 heterocycles. The van der Waals surface area contributed by atoms with E-state index in [0.717, 1.165) is 43.4 Å². The van der Waals surface area contributed by atoms with Crippen LogP contribution in [-0.2, 0) is 6.42 Å². The standard InChI is InChI=1S/C20H17N3OS/c1-3-13-11-17(24)16-10-12(2)25-19(16)18(13)22-23-20-15-7-5-4-6-14(15)8-9-21-20/h4-11,24H,3H2,1-2H3/b23-22+. The fraction of sp³-hybridized carbons (Fsp3) is 0.150. The van der Waals surface area contributed by atoms with Gasteiger partial charge in [-0.25, -0.2) is 4.98 Å². The van der Waals surface area contributed by atoms with Crippen molar-refractivity contribution < 1.29 is 5.11 Å². The molecule has 0 spiro atoms. The van der Waals surface area contributed by atoms with Gasteiger partial charge in [-0.2, -0.15) is 0 Å². The molecular weight excluding hydrogens is 330 g/mol. The molecule has 0 amide bonds. The summed E-state index contributed by atoms with van der Waals surface area (Å²) in [5.41, 5.74) is 1.80. The number of benzene rings is 2. The number of hydrogen-bond acceptors (Lipinski definition) is 5. The monoisotopic (exact) mass is 347 g/mol. The number of fused-ring (bicyclic) bond motifs is 2. The Morgan fingerprint density at radius 1 is 1.08 bits per heavy atom. The van der Waals surface area contributed by atoms with E-state index < -0.39 is 0 Å². The number of hydrogen-bond donors (Lipinski definition) is 1. The van der Waals surface area contributed by atoms with Crippen LogP contribution in [0.4, 0.5) is 11.5 Å². The van der Waals surface area contributed by atoms with Gasteiger partial charge in [0.15, 0.2) is 5.82 Å². The van der Waals surface area contributed by atoms with Crippen LogP contribution in [-0.4, -0.2) is 10.1 Å². The number of pyridine rings is 1. The van der Waals surface area contributed by atoms with Crippen molar-refractivity contribution in [1.82, 2.24) is 4.98 Å². The highest BCUT2D eigenvalue weighted by molar-refractivity contribution is 7.19. The zero-order chi connectivity index (χ0) is 17.4. The molecule has 0 aliphatic heterocycles. The summed E-state index contributed by atoms with van der Waals surface area (Å²) in [5, 5.41) is 22.1. The van der Waals surface area contributed by atoms with E-state index in [9.17, 15) is 5.11 Å². The first-order chi connectivity index (χ1) is 12.2. The molecule has 4 nitrogen and oxygen atoms in total. The van der Waals surface area contributed by atoms with E-state index in [1.165, 1.54) is 0 Å². The third kappa shape index (κ3) is 2.76. The van der Waals surface area contributed by atoms with Crippen LogP contribution in [0.2, 0.25) is 0 Å². The van der Waals surface area contributed by atoms with Crippen molar-refractivity contribution in [1.29, 1.82) is 0 Å². The normalized spacial score (nSPS) is 11.8. The van der Waals surface area contributed by atoms with E-state index in [-0.39, 0.29) is 0 Å². The topological polar surface area (TPSA) is 57.8 Å². The molecule has 25 heavy (non-hydrogen) atoms. The Kier molecular flexibility index (Phi) is 3.93. The van der Waals surface area contributed by atoms with Crippen LogP contribution >= 0.6 is 11.3 Å². The average molecular weight is 347 g/mol. The summed E-state index contributed by atoms with van der Waals surface area (Å²) in [4.78, 5) is 5.51. The molecule has 124 valence electrons. The first-order valence-corrected chi connectivity index (χ1v) is 8.99. The van der Waals surface area contributed by atoms with Crippen LogP contribution in [0.5, 0.6) is 5.75 Å². The summed E-state index contributed by atoms with van der Waals surface area (Å²) in [6, 6.07) is 13.8. The Morgan fingerprint density at radius 2 is 1.92 bits per heavy atom. The third-order valence-electron chi connectivity index (χ3n) is 4.24. The van der Waals surface area contributed by atoms with Gasteiger partial charge in [0, 0.05) is 21.8 Å². The minimum Gasteiger partial charge on any atom is -0.507 e. The van der Waals surface area contributed by atoms with E-state index >= 15 is 0 Å². The summed E-state index contributed by atoms with van der Waals surface area (Å²) in [6.45, 7) is 4.08. The second kappa shape index (κ2) is 6.26. The molecule has 5 heteroatoms. The Hall–Kier alpha value is -2.79. The van der Waals surface area contributed by atoms with Gasteiger partial charge in [-0.05, 0) is 42.5 Å². The Bertz CT molecular complexity index is 1110. The molecule has 4 rings (SSSR count). The van der Waals surface area contributed by atoms with Crippen LogP contribution < -0.4 is 0 Å². The van der Waals surface area contributed by atoms with Gasteiger partial charge in [0.1, 0.15) is 11.4 Å². The maximum Gasteiger partial charge on any atom is 0.182 e. The molecule has 0 bridgehead atoms. The highest BCUT2D eigenvalue weighted by atomic mass is 32.1. The van der Waals surface area contributed by atoms with Gasteiger partial charge < -0.3 is 5.11 Å². The number of phenols is 1. The third-order valence-corrected chi connectivity index (χ3v) is 5.30. The van der Waals surface area contributed by atoms with Gasteiger partial charge in [-0.3, -0.25) is 0 Å². The maximum atomic E-state index is 10.3. The van der Waals surface area contributed by atoms with Crippen LogP contribution in [0.15, 0.2) is 58.9 Å². The molecule has 0 aliphatic rings. The van der Waals surface area contributed by atoms with Crippen LogP contribution in [0.1, 0.15) is 17.4 Å². The zero-order valence-corrected chi connectivity index (χ0v) is 14.8. The summed E-state index contributed by atoms with van der Waals surface area (Å²) in [5.74, 6) is 0.910. The molecule has 0 fully saturated rings. The predicted octanol–water partition coefficient (Wildman–Crippen LogP) is 6.44. The second-order valence-electron chi connectivity index (χ2n) is 5.91. The quantitative estimate of drug-likeness (QED) is 0.433. The van der Waals surface area contributed by atoms with Crippen molar-refractivity contribution >= 4 is 43.7 Å². The van der Waals surface area contributed by atoms with Crippen molar-refractivity contribution in [3.05, 3.63) is 59.1 Å². The lowest BCUT2D eigenvalue weighted by molar-refractivity contribution is 0.481. The van der Waals surface area contributed by atoms with Gasteiger partial charge in [0.2, 0.25) is 0 Å². The number of aromatic hydroxyl groups is 1. The molecule has 2 aromatic heterocycles. The molecular formula is C20H17N3OS. The van der Waals surface area contributed by atoms with E-state index in [4.69, 9.17) is 0 Å². The average Bonchev–Trinajstić information content (AvgIpc) is 3.03. The lowest BCUT2D eigenvalue weighted by atomic mass is 10.1. The minimum atomic E-state index is 0.304. The Balaban J connectivity index is 1.90. The summed E-state index contributed by atoms with van der Waals surface area (Å²) >= 11 is 1.63. The van der Waals surface area contributed by atoms with Crippen molar-refractivity contribution in [2.24, 2.45) is 10.2 Å². The van der Waals surface area contributed by atoms with E-state index in [1.807, 2.05) is 43.3 Å².